The average Bonchev–Trinajstić information content (AvgIpc) is 3.06. The molecule has 2 aromatic rings. The molecule has 2 fully saturated rings. The van der Waals surface area contributed by atoms with E-state index in [-0.39, 0.29) is 47.0 Å². The van der Waals surface area contributed by atoms with Gasteiger partial charge in [0, 0.05) is 41.2 Å². The van der Waals surface area contributed by atoms with Gasteiger partial charge in [-0.15, -0.1) is 0 Å². The van der Waals surface area contributed by atoms with Crippen molar-refractivity contribution in [3.8, 4) is 11.5 Å². The van der Waals surface area contributed by atoms with Crippen molar-refractivity contribution < 1.29 is 38.0 Å². The molecule has 2 saturated heterocycles. The minimum Gasteiger partial charge on any atom is -0.497 e. The number of hydrogen-bond acceptors (Lipinski definition) is 8. The maximum Gasteiger partial charge on any atom is 0.192 e. The van der Waals surface area contributed by atoms with E-state index in [0.717, 1.165) is 22.6 Å². The summed E-state index contributed by atoms with van der Waals surface area (Å²) in [6.07, 6.45) is 2.50. The van der Waals surface area contributed by atoms with Gasteiger partial charge in [0.25, 0.3) is 0 Å². The van der Waals surface area contributed by atoms with Gasteiger partial charge in [-0.2, -0.15) is 0 Å². The van der Waals surface area contributed by atoms with Gasteiger partial charge >= 0.3 is 0 Å². The normalized spacial score (nSPS) is 28.1. The molecular weight excluding hydrogens is 625 g/mol. The zero-order chi connectivity index (χ0) is 35.2. The maximum atomic E-state index is 11.5. The summed E-state index contributed by atoms with van der Waals surface area (Å²) in [5, 5.41) is 11.5. The Morgan fingerprint density at radius 1 is 0.792 bits per heavy atom. The fraction of sp³-hybridized carbons (Fsp3) is 0.641. The molecule has 2 aliphatic heterocycles. The molecular formula is C39H60O8Si. The van der Waals surface area contributed by atoms with E-state index >= 15 is 0 Å². The Morgan fingerprint density at radius 3 is 1.71 bits per heavy atom. The van der Waals surface area contributed by atoms with Crippen molar-refractivity contribution in [1.82, 2.24) is 0 Å². The summed E-state index contributed by atoms with van der Waals surface area (Å²) in [4.78, 5) is 0. The molecule has 0 radical (unpaired) electrons. The van der Waals surface area contributed by atoms with Gasteiger partial charge in [0.2, 0.25) is 0 Å². The third kappa shape index (κ3) is 9.71. The summed E-state index contributed by atoms with van der Waals surface area (Å²) in [5.41, 5.74) is 1.92. The summed E-state index contributed by atoms with van der Waals surface area (Å²) >= 11 is 0. The molecule has 8 nitrogen and oxygen atoms in total. The lowest BCUT2D eigenvalue weighted by atomic mass is 9.86. The van der Waals surface area contributed by atoms with Crippen LogP contribution in [0, 0.1) is 23.7 Å². The van der Waals surface area contributed by atoms with Crippen molar-refractivity contribution in [3.63, 3.8) is 0 Å². The van der Waals surface area contributed by atoms with Crippen LogP contribution in [0.3, 0.4) is 0 Å². The third-order valence-corrected chi connectivity index (χ3v) is 15.0. The van der Waals surface area contributed by atoms with Gasteiger partial charge in [0.15, 0.2) is 20.9 Å². The minimum absolute atomic E-state index is 0.0170. The monoisotopic (exact) mass is 684 g/mol. The zero-order valence-electron chi connectivity index (χ0n) is 31.0. The number of ether oxygens (including phenoxy) is 6. The van der Waals surface area contributed by atoms with E-state index in [1.807, 2.05) is 54.6 Å². The SMILES string of the molecule is COc1ccc([C@@H]2OC[C@H](C)[C@H]([C@@H](C)[C@H](C[C@H](O)/C=C\C(C)[C@@H]3O[C@H](c4ccc(OC)cc4)OC[C@@H]3C)O[Si](C)(C)C(C)(C)C)O2)cc1. The molecule has 2 aromatic carbocycles. The van der Waals surface area contributed by atoms with Crippen LogP contribution in [0.2, 0.25) is 18.1 Å². The average molecular weight is 685 g/mol. The zero-order valence-corrected chi connectivity index (χ0v) is 32.0. The lowest BCUT2D eigenvalue weighted by Crippen LogP contribution is -2.50. The number of methoxy groups -OCH3 is 2. The first kappa shape index (κ1) is 38.6. The quantitative estimate of drug-likeness (QED) is 0.166. The molecule has 0 saturated carbocycles. The Hall–Kier alpha value is -2.24. The van der Waals surface area contributed by atoms with E-state index < -0.39 is 27.0 Å². The van der Waals surface area contributed by atoms with Crippen LogP contribution in [-0.2, 0) is 23.4 Å². The van der Waals surface area contributed by atoms with Gasteiger partial charge < -0.3 is 38.0 Å². The van der Waals surface area contributed by atoms with E-state index in [1.165, 1.54) is 0 Å². The molecule has 1 N–H and O–H groups in total. The first-order chi connectivity index (χ1) is 22.6. The van der Waals surface area contributed by atoms with Crippen molar-refractivity contribution in [1.29, 1.82) is 0 Å². The third-order valence-electron chi connectivity index (χ3n) is 10.5. The van der Waals surface area contributed by atoms with Crippen LogP contribution in [0.5, 0.6) is 11.5 Å². The molecule has 0 amide bonds. The number of aliphatic hydroxyl groups excluding tert-OH is 1. The summed E-state index contributed by atoms with van der Waals surface area (Å²) in [6.45, 7) is 21.1. The molecule has 9 heteroatoms. The lowest BCUT2D eigenvalue weighted by molar-refractivity contribution is -0.255. The second-order valence-electron chi connectivity index (χ2n) is 15.4. The van der Waals surface area contributed by atoms with Gasteiger partial charge in [-0.05, 0) is 42.4 Å². The van der Waals surface area contributed by atoms with Gasteiger partial charge in [-0.25, -0.2) is 0 Å². The molecule has 48 heavy (non-hydrogen) atoms. The predicted molar refractivity (Wildman–Crippen MR) is 192 cm³/mol. The van der Waals surface area contributed by atoms with Gasteiger partial charge in [-0.3, -0.25) is 0 Å². The number of rotatable bonds is 13. The number of hydrogen-bond donors (Lipinski definition) is 1. The van der Waals surface area contributed by atoms with E-state index in [0.29, 0.717) is 19.6 Å². The summed E-state index contributed by atoms with van der Waals surface area (Å²) in [5.74, 6) is 2.05. The van der Waals surface area contributed by atoms with Gasteiger partial charge in [0.05, 0.1) is 51.8 Å². The summed E-state index contributed by atoms with van der Waals surface area (Å²) in [7, 11) is 1.14. The Bertz CT molecular complexity index is 1290. The Labute approximate surface area is 290 Å². The van der Waals surface area contributed by atoms with Crippen LogP contribution in [0.1, 0.15) is 78.6 Å². The highest BCUT2D eigenvalue weighted by Crippen LogP contribution is 2.41. The van der Waals surface area contributed by atoms with Crippen molar-refractivity contribution in [2.75, 3.05) is 27.4 Å². The first-order valence-corrected chi connectivity index (χ1v) is 20.4. The molecule has 0 aliphatic carbocycles. The molecule has 10 atom stereocenters. The van der Waals surface area contributed by atoms with E-state index in [4.69, 9.17) is 32.8 Å². The summed E-state index contributed by atoms with van der Waals surface area (Å²) in [6, 6.07) is 15.6. The van der Waals surface area contributed by atoms with Crippen LogP contribution in [-0.4, -0.2) is 65.3 Å². The molecule has 2 aliphatic rings. The fourth-order valence-electron chi connectivity index (χ4n) is 6.32. The van der Waals surface area contributed by atoms with E-state index in [2.05, 4.69) is 67.6 Å². The molecule has 0 spiro atoms. The molecule has 4 rings (SSSR count). The lowest BCUT2D eigenvalue weighted by Gasteiger charge is -2.45. The molecule has 0 bridgehead atoms. The molecule has 0 aromatic heterocycles. The second kappa shape index (κ2) is 16.6. The highest BCUT2D eigenvalue weighted by molar-refractivity contribution is 6.74. The smallest absolute Gasteiger partial charge is 0.192 e. The first-order valence-electron chi connectivity index (χ1n) is 17.5. The fourth-order valence-corrected chi connectivity index (χ4v) is 7.74. The molecule has 268 valence electrons. The minimum atomic E-state index is -2.18. The van der Waals surface area contributed by atoms with Crippen molar-refractivity contribution >= 4 is 8.32 Å². The van der Waals surface area contributed by atoms with Crippen LogP contribution >= 0.6 is 0 Å². The predicted octanol–water partition coefficient (Wildman–Crippen LogP) is 8.47. The Morgan fingerprint density at radius 2 is 1.25 bits per heavy atom. The van der Waals surface area contributed by atoms with E-state index in [9.17, 15) is 5.11 Å². The Kier molecular flexibility index (Phi) is 13.4. The Balaban J connectivity index is 1.47. The topological polar surface area (TPSA) is 84.8 Å². The van der Waals surface area contributed by atoms with E-state index in [1.54, 1.807) is 14.2 Å². The van der Waals surface area contributed by atoms with Crippen molar-refractivity contribution in [2.45, 2.75) is 110 Å². The molecule has 2 heterocycles. The van der Waals surface area contributed by atoms with Crippen LogP contribution < -0.4 is 9.47 Å². The maximum absolute atomic E-state index is 11.5. The van der Waals surface area contributed by atoms with Crippen molar-refractivity contribution in [2.24, 2.45) is 23.7 Å². The standard InChI is InChI=1S/C39H60O8Si/c1-25(35-26(2)23-43-37(45-35)29-13-18-32(41-8)19-14-29)12-17-31(40)22-34(47-48(10,11)39(5,6)7)28(4)36-27(3)24-44-38(46-36)30-15-20-33(42-9)21-16-30/h12-21,25-28,31,34-38,40H,22-24H2,1-11H3/b17-12-/t25?,26-,27-,28-,31+,34-,35-,36+,37+,38+/m0/s1. The number of benzene rings is 2. The van der Waals surface area contributed by atoms with Gasteiger partial charge in [0.1, 0.15) is 11.5 Å². The van der Waals surface area contributed by atoms with Gasteiger partial charge in [-0.1, -0.05) is 84.9 Å². The highest BCUT2D eigenvalue weighted by Gasteiger charge is 2.44. The largest absolute Gasteiger partial charge is 0.497 e. The second-order valence-corrected chi connectivity index (χ2v) is 20.1. The van der Waals surface area contributed by atoms with Crippen LogP contribution in [0.15, 0.2) is 60.7 Å². The summed E-state index contributed by atoms with van der Waals surface area (Å²) < 4.78 is 43.1. The van der Waals surface area contributed by atoms with Crippen molar-refractivity contribution in [3.05, 3.63) is 71.8 Å². The highest BCUT2D eigenvalue weighted by atomic mass is 28.4. The van der Waals surface area contributed by atoms with Crippen LogP contribution in [0.4, 0.5) is 0 Å². The molecule has 1 unspecified atom stereocenters. The van der Waals surface area contributed by atoms with Crippen LogP contribution in [0.25, 0.3) is 0 Å². The number of aliphatic hydroxyl groups is 1.